The maximum Gasteiger partial charge on any atom is 0.138 e. The lowest BCUT2D eigenvalue weighted by molar-refractivity contribution is 0.284. The van der Waals surface area contributed by atoms with Crippen LogP contribution in [0.25, 0.3) is 0 Å². The Morgan fingerprint density at radius 2 is 1.69 bits per heavy atom. The molecule has 16 heavy (non-hydrogen) atoms. The molecule has 0 fully saturated rings. The zero-order chi connectivity index (χ0) is 12.6. The molecule has 3 N–H and O–H groups in total. The van der Waals surface area contributed by atoms with Crippen LogP contribution in [0.15, 0.2) is 18.2 Å². The second kappa shape index (κ2) is 4.00. The molecule has 0 radical (unpaired) electrons. The molecule has 0 atom stereocenters. The minimum absolute atomic E-state index is 0.0695. The van der Waals surface area contributed by atoms with Crippen LogP contribution in [0.3, 0.4) is 0 Å². The molecular formula is C14H23NO. The highest BCUT2D eigenvalue weighted by Gasteiger charge is 2.27. The van der Waals surface area contributed by atoms with E-state index in [9.17, 15) is 5.11 Å². The van der Waals surface area contributed by atoms with Crippen LogP contribution in [0.5, 0.6) is 5.75 Å². The molecular weight excluding hydrogens is 198 g/mol. The number of anilines is 1. The Hall–Kier alpha value is -1.18. The highest BCUT2D eigenvalue weighted by molar-refractivity contribution is 5.54. The third-order valence-electron chi connectivity index (χ3n) is 2.78. The number of phenolic OH excluding ortho intramolecular Hbond substituents is 1. The molecule has 0 aliphatic heterocycles. The summed E-state index contributed by atoms with van der Waals surface area (Å²) in [4.78, 5) is 0. The van der Waals surface area contributed by atoms with Crippen molar-refractivity contribution >= 4 is 5.69 Å². The third kappa shape index (κ3) is 3.16. The normalized spacial score (nSPS) is 12.8. The lowest BCUT2D eigenvalue weighted by Crippen LogP contribution is -2.24. The van der Waals surface area contributed by atoms with Gasteiger partial charge in [-0.15, -0.1) is 0 Å². The van der Waals surface area contributed by atoms with Crippen LogP contribution < -0.4 is 5.73 Å². The van der Waals surface area contributed by atoms with Gasteiger partial charge in [-0.1, -0.05) is 40.7 Å². The molecule has 0 aliphatic carbocycles. The molecule has 0 unspecified atom stereocenters. The van der Waals surface area contributed by atoms with Crippen LogP contribution in [0.4, 0.5) is 5.69 Å². The van der Waals surface area contributed by atoms with E-state index in [0.29, 0.717) is 5.69 Å². The van der Waals surface area contributed by atoms with E-state index in [-0.39, 0.29) is 16.6 Å². The summed E-state index contributed by atoms with van der Waals surface area (Å²) in [5.41, 5.74) is 7.71. The smallest absolute Gasteiger partial charge is 0.138 e. The molecule has 2 nitrogen and oxygen atoms in total. The van der Waals surface area contributed by atoms with E-state index in [4.69, 9.17) is 5.73 Å². The number of aromatic hydroxyl groups is 1. The van der Waals surface area contributed by atoms with Gasteiger partial charge in [0.05, 0.1) is 5.69 Å². The number of nitrogen functional groups attached to an aromatic ring is 1. The van der Waals surface area contributed by atoms with Crippen molar-refractivity contribution in [2.45, 2.75) is 46.5 Å². The fraction of sp³-hybridized carbons (Fsp3) is 0.571. The van der Waals surface area contributed by atoms with Crippen molar-refractivity contribution in [1.29, 1.82) is 0 Å². The highest BCUT2D eigenvalue weighted by atomic mass is 16.3. The van der Waals surface area contributed by atoms with Gasteiger partial charge < -0.3 is 10.8 Å². The number of nitrogens with two attached hydrogens (primary N) is 1. The van der Waals surface area contributed by atoms with Crippen molar-refractivity contribution in [3.8, 4) is 5.75 Å². The quantitative estimate of drug-likeness (QED) is 0.591. The van der Waals surface area contributed by atoms with Crippen molar-refractivity contribution < 1.29 is 5.11 Å². The topological polar surface area (TPSA) is 46.2 Å². The fourth-order valence-electron chi connectivity index (χ4n) is 2.40. The summed E-state index contributed by atoms with van der Waals surface area (Å²) >= 11 is 0. The van der Waals surface area contributed by atoms with Gasteiger partial charge in [-0.25, -0.2) is 0 Å². The van der Waals surface area contributed by atoms with Gasteiger partial charge in [-0.05, 0) is 34.9 Å². The van der Waals surface area contributed by atoms with Crippen molar-refractivity contribution in [1.82, 2.24) is 0 Å². The average molecular weight is 221 g/mol. The predicted octanol–water partition coefficient (Wildman–Crippen LogP) is 3.69. The van der Waals surface area contributed by atoms with Gasteiger partial charge in [0, 0.05) is 0 Å². The molecule has 0 saturated carbocycles. The van der Waals surface area contributed by atoms with Crippen molar-refractivity contribution in [3.63, 3.8) is 0 Å². The molecule has 1 aromatic rings. The first-order valence-corrected chi connectivity index (χ1v) is 5.71. The lowest BCUT2D eigenvalue weighted by Gasteiger charge is -2.33. The average Bonchev–Trinajstić information content (AvgIpc) is 2.05. The molecule has 0 aliphatic rings. The molecule has 90 valence electrons. The Labute approximate surface area is 98.5 Å². The minimum atomic E-state index is 0.0695. The lowest BCUT2D eigenvalue weighted by atomic mass is 9.72. The summed E-state index contributed by atoms with van der Waals surface area (Å²) in [6.07, 6.45) is 1.07. The zero-order valence-corrected chi connectivity index (χ0v) is 11.0. The Morgan fingerprint density at radius 3 is 2.12 bits per heavy atom. The van der Waals surface area contributed by atoms with Gasteiger partial charge in [0.15, 0.2) is 0 Å². The van der Waals surface area contributed by atoms with Crippen molar-refractivity contribution in [2.75, 3.05) is 5.73 Å². The Morgan fingerprint density at radius 1 is 1.12 bits per heavy atom. The van der Waals surface area contributed by atoms with Gasteiger partial charge in [-0.3, -0.25) is 0 Å². The van der Waals surface area contributed by atoms with Gasteiger partial charge in [-0.2, -0.15) is 0 Å². The monoisotopic (exact) mass is 221 g/mol. The van der Waals surface area contributed by atoms with Gasteiger partial charge in [0.25, 0.3) is 0 Å². The molecule has 2 heteroatoms. The van der Waals surface area contributed by atoms with Crippen LogP contribution in [0.1, 0.15) is 46.6 Å². The Kier molecular flexibility index (Phi) is 3.22. The molecule has 0 bridgehead atoms. The van der Waals surface area contributed by atoms with Crippen LogP contribution in [0.2, 0.25) is 0 Å². The molecule has 1 aromatic carbocycles. The second-order valence-corrected chi connectivity index (χ2v) is 6.39. The molecule has 0 aromatic heterocycles. The number of rotatable bonds is 2. The van der Waals surface area contributed by atoms with E-state index in [0.717, 1.165) is 6.42 Å². The Bertz CT molecular complexity index is 375. The van der Waals surface area contributed by atoms with E-state index in [2.05, 4.69) is 34.6 Å². The summed E-state index contributed by atoms with van der Waals surface area (Å²) in [6.45, 7) is 11.1. The molecule has 0 spiro atoms. The standard InChI is InChI=1S/C14H23NO/c1-13(2,3)9-14(4,5)10-6-7-12(16)11(15)8-10/h6-8,16H,9,15H2,1-5H3. The van der Waals surface area contributed by atoms with Gasteiger partial charge >= 0.3 is 0 Å². The molecule has 0 saturated heterocycles. The summed E-state index contributed by atoms with van der Waals surface area (Å²) in [5.74, 6) is 0.162. The van der Waals surface area contributed by atoms with Crippen LogP contribution >= 0.6 is 0 Å². The number of benzene rings is 1. The molecule has 0 amide bonds. The second-order valence-electron chi connectivity index (χ2n) is 6.39. The van der Waals surface area contributed by atoms with Gasteiger partial charge in [0.1, 0.15) is 5.75 Å². The minimum Gasteiger partial charge on any atom is -0.506 e. The highest BCUT2D eigenvalue weighted by Crippen LogP contribution is 2.37. The zero-order valence-electron chi connectivity index (χ0n) is 11.0. The first kappa shape index (κ1) is 12.9. The van der Waals surface area contributed by atoms with E-state index >= 15 is 0 Å². The molecule has 0 heterocycles. The summed E-state index contributed by atoms with van der Waals surface area (Å²) in [5, 5.41) is 9.42. The van der Waals surface area contributed by atoms with Crippen molar-refractivity contribution in [2.24, 2.45) is 5.41 Å². The summed E-state index contributed by atoms with van der Waals surface area (Å²) in [6, 6.07) is 5.51. The van der Waals surface area contributed by atoms with E-state index < -0.39 is 0 Å². The van der Waals surface area contributed by atoms with Crippen LogP contribution in [-0.2, 0) is 5.41 Å². The summed E-state index contributed by atoms with van der Waals surface area (Å²) < 4.78 is 0. The maximum absolute atomic E-state index is 9.42. The number of hydrogen-bond acceptors (Lipinski definition) is 2. The first-order chi connectivity index (χ1) is 7.12. The van der Waals surface area contributed by atoms with Crippen LogP contribution in [0, 0.1) is 5.41 Å². The first-order valence-electron chi connectivity index (χ1n) is 5.71. The SMILES string of the molecule is CC(C)(C)CC(C)(C)c1ccc(O)c(N)c1. The van der Waals surface area contributed by atoms with Crippen LogP contribution in [-0.4, -0.2) is 5.11 Å². The van der Waals surface area contributed by atoms with E-state index in [1.807, 2.05) is 12.1 Å². The largest absolute Gasteiger partial charge is 0.506 e. The third-order valence-corrected chi connectivity index (χ3v) is 2.78. The Balaban J connectivity index is 3.02. The van der Waals surface area contributed by atoms with Gasteiger partial charge in [0.2, 0.25) is 0 Å². The maximum atomic E-state index is 9.42. The predicted molar refractivity (Wildman–Crippen MR) is 69.6 cm³/mol. The van der Waals surface area contributed by atoms with Crippen molar-refractivity contribution in [3.05, 3.63) is 23.8 Å². The van der Waals surface area contributed by atoms with E-state index in [1.54, 1.807) is 6.07 Å². The number of phenols is 1. The fourth-order valence-corrected chi connectivity index (χ4v) is 2.40. The number of hydrogen-bond donors (Lipinski definition) is 2. The summed E-state index contributed by atoms with van der Waals surface area (Å²) in [7, 11) is 0. The molecule has 1 rings (SSSR count). The van der Waals surface area contributed by atoms with E-state index in [1.165, 1.54) is 5.56 Å².